The van der Waals surface area contributed by atoms with Crippen molar-refractivity contribution in [1.29, 1.82) is 0 Å². The molecule has 1 fully saturated rings. The van der Waals surface area contributed by atoms with Gasteiger partial charge in [0, 0.05) is 12.6 Å². The second-order valence-corrected chi connectivity index (χ2v) is 6.31. The van der Waals surface area contributed by atoms with Gasteiger partial charge < -0.3 is 14.8 Å². The van der Waals surface area contributed by atoms with Crippen LogP contribution in [0, 0.1) is 5.92 Å². The van der Waals surface area contributed by atoms with Crippen LogP contribution in [0.5, 0.6) is 0 Å². The van der Waals surface area contributed by atoms with Gasteiger partial charge in [-0.1, -0.05) is 38.1 Å². The van der Waals surface area contributed by atoms with Crippen LogP contribution in [0.1, 0.15) is 43.9 Å². The zero-order chi connectivity index (χ0) is 14.7. The fourth-order valence-electron chi connectivity index (χ4n) is 3.73. The van der Waals surface area contributed by atoms with Crippen LogP contribution in [0.25, 0.3) is 0 Å². The summed E-state index contributed by atoms with van der Waals surface area (Å²) in [6, 6.07) is 9.09. The molecule has 1 N–H and O–H groups in total. The summed E-state index contributed by atoms with van der Waals surface area (Å²) in [6.07, 6.45) is 3.74. The van der Waals surface area contributed by atoms with Crippen molar-refractivity contribution >= 4 is 0 Å². The number of nitrogens with one attached hydrogen (secondary N) is 1. The smallest absolute Gasteiger partial charge is 0.0843 e. The Balaban J connectivity index is 1.74. The van der Waals surface area contributed by atoms with Crippen molar-refractivity contribution in [2.75, 3.05) is 19.8 Å². The van der Waals surface area contributed by atoms with Crippen molar-refractivity contribution in [1.82, 2.24) is 5.32 Å². The molecular weight excluding hydrogens is 262 g/mol. The summed E-state index contributed by atoms with van der Waals surface area (Å²) >= 11 is 0. The predicted octanol–water partition coefficient (Wildman–Crippen LogP) is 3.09. The molecule has 3 heteroatoms. The molecule has 1 saturated heterocycles. The van der Waals surface area contributed by atoms with E-state index in [0.29, 0.717) is 18.1 Å². The minimum atomic E-state index is 0.204. The number of rotatable bonds is 5. The molecule has 2 heterocycles. The van der Waals surface area contributed by atoms with E-state index in [1.54, 1.807) is 0 Å². The highest BCUT2D eigenvalue weighted by molar-refractivity contribution is 5.31. The molecule has 21 heavy (non-hydrogen) atoms. The fraction of sp³-hybridized carbons (Fsp3) is 0.667. The van der Waals surface area contributed by atoms with Gasteiger partial charge in [-0.15, -0.1) is 0 Å². The van der Waals surface area contributed by atoms with Crippen molar-refractivity contribution in [3.8, 4) is 0 Å². The molecule has 4 atom stereocenters. The molecule has 0 radical (unpaired) electrons. The Hall–Kier alpha value is -0.900. The van der Waals surface area contributed by atoms with Crippen LogP contribution in [0.15, 0.2) is 24.3 Å². The molecule has 1 aromatic rings. The number of ether oxygens (including phenoxy) is 2. The maximum absolute atomic E-state index is 6.08. The third kappa shape index (κ3) is 3.31. The van der Waals surface area contributed by atoms with Crippen LogP contribution >= 0.6 is 0 Å². The molecule has 2 aliphatic heterocycles. The first-order valence-corrected chi connectivity index (χ1v) is 8.34. The minimum absolute atomic E-state index is 0.204. The van der Waals surface area contributed by atoms with E-state index < -0.39 is 0 Å². The fourth-order valence-corrected chi connectivity index (χ4v) is 3.73. The van der Waals surface area contributed by atoms with Crippen molar-refractivity contribution in [2.45, 2.75) is 51.4 Å². The summed E-state index contributed by atoms with van der Waals surface area (Å²) < 4.78 is 12.1. The summed E-state index contributed by atoms with van der Waals surface area (Å²) in [4.78, 5) is 0. The quantitative estimate of drug-likeness (QED) is 0.903. The van der Waals surface area contributed by atoms with Gasteiger partial charge in [-0.25, -0.2) is 0 Å². The molecule has 2 aliphatic rings. The first-order chi connectivity index (χ1) is 10.3. The highest BCUT2D eigenvalue weighted by Gasteiger charge is 2.34. The SMILES string of the molecule is CCNC(CC1OCCc2ccccc21)C1OCCC1C. The van der Waals surface area contributed by atoms with Gasteiger partial charge in [0.15, 0.2) is 0 Å². The lowest BCUT2D eigenvalue weighted by molar-refractivity contribution is -0.000184. The Morgan fingerprint density at radius 2 is 2.10 bits per heavy atom. The van der Waals surface area contributed by atoms with Crippen molar-refractivity contribution in [3.63, 3.8) is 0 Å². The molecule has 0 amide bonds. The van der Waals surface area contributed by atoms with Crippen LogP contribution < -0.4 is 5.32 Å². The van der Waals surface area contributed by atoms with Gasteiger partial charge in [-0.3, -0.25) is 0 Å². The molecule has 116 valence electrons. The van der Waals surface area contributed by atoms with Crippen LogP contribution in [0.4, 0.5) is 0 Å². The monoisotopic (exact) mass is 289 g/mol. The number of hydrogen-bond acceptors (Lipinski definition) is 3. The number of benzene rings is 1. The molecule has 0 aliphatic carbocycles. The standard InChI is InChI=1S/C18H27NO2/c1-3-19-16(18-13(2)8-10-21-18)12-17-15-7-5-4-6-14(15)9-11-20-17/h4-7,13,16-19H,3,8-12H2,1-2H3. The third-order valence-electron chi connectivity index (χ3n) is 4.87. The second kappa shape index (κ2) is 6.91. The Bertz CT molecular complexity index is 462. The summed E-state index contributed by atoms with van der Waals surface area (Å²) in [7, 11) is 0. The molecule has 0 aromatic heterocycles. The normalized spacial score (nSPS) is 30.1. The zero-order valence-electron chi connectivity index (χ0n) is 13.2. The van der Waals surface area contributed by atoms with E-state index in [0.717, 1.165) is 32.6 Å². The topological polar surface area (TPSA) is 30.5 Å². The summed E-state index contributed by atoms with van der Waals surface area (Å²) in [6.45, 7) is 7.18. The Morgan fingerprint density at radius 1 is 1.24 bits per heavy atom. The van der Waals surface area contributed by atoms with Gasteiger partial charge in [-0.05, 0) is 42.9 Å². The van der Waals surface area contributed by atoms with Crippen LogP contribution in [0.3, 0.4) is 0 Å². The molecular formula is C18H27NO2. The summed E-state index contributed by atoms with van der Waals surface area (Å²) in [5, 5.41) is 3.63. The zero-order valence-corrected chi connectivity index (χ0v) is 13.2. The van der Waals surface area contributed by atoms with Gasteiger partial charge in [-0.2, -0.15) is 0 Å². The maximum Gasteiger partial charge on any atom is 0.0843 e. The summed E-state index contributed by atoms with van der Waals surface area (Å²) in [5.41, 5.74) is 2.82. The lowest BCUT2D eigenvalue weighted by Gasteiger charge is -2.33. The maximum atomic E-state index is 6.08. The van der Waals surface area contributed by atoms with Gasteiger partial charge >= 0.3 is 0 Å². The van der Waals surface area contributed by atoms with Crippen LogP contribution in [-0.2, 0) is 15.9 Å². The predicted molar refractivity (Wildman–Crippen MR) is 84.4 cm³/mol. The lowest BCUT2D eigenvalue weighted by Crippen LogP contribution is -2.43. The van der Waals surface area contributed by atoms with Crippen LogP contribution in [0.2, 0.25) is 0 Å². The highest BCUT2D eigenvalue weighted by Crippen LogP contribution is 2.33. The Kier molecular flexibility index (Phi) is 4.94. The molecule has 3 rings (SSSR count). The number of hydrogen-bond donors (Lipinski definition) is 1. The third-order valence-corrected chi connectivity index (χ3v) is 4.87. The van der Waals surface area contributed by atoms with Crippen molar-refractivity contribution in [3.05, 3.63) is 35.4 Å². The van der Waals surface area contributed by atoms with E-state index >= 15 is 0 Å². The van der Waals surface area contributed by atoms with Crippen molar-refractivity contribution < 1.29 is 9.47 Å². The van der Waals surface area contributed by atoms with Gasteiger partial charge in [0.25, 0.3) is 0 Å². The molecule has 3 nitrogen and oxygen atoms in total. The number of likely N-dealkylation sites (N-methyl/N-ethyl adjacent to an activating group) is 1. The molecule has 0 spiro atoms. The van der Waals surface area contributed by atoms with E-state index in [-0.39, 0.29) is 6.10 Å². The average molecular weight is 289 g/mol. The Labute approximate surface area is 128 Å². The van der Waals surface area contributed by atoms with Gasteiger partial charge in [0.05, 0.1) is 18.8 Å². The van der Waals surface area contributed by atoms with Crippen molar-refractivity contribution in [2.24, 2.45) is 5.92 Å². The van der Waals surface area contributed by atoms with E-state index in [1.165, 1.54) is 17.5 Å². The average Bonchev–Trinajstić information content (AvgIpc) is 2.93. The molecule has 0 saturated carbocycles. The lowest BCUT2D eigenvalue weighted by atomic mass is 9.89. The van der Waals surface area contributed by atoms with E-state index in [4.69, 9.17) is 9.47 Å². The van der Waals surface area contributed by atoms with E-state index in [2.05, 4.69) is 43.4 Å². The van der Waals surface area contributed by atoms with Gasteiger partial charge in [0.1, 0.15) is 0 Å². The first kappa shape index (κ1) is 15.0. The van der Waals surface area contributed by atoms with E-state index in [1.807, 2.05) is 0 Å². The number of fused-ring (bicyclic) bond motifs is 1. The highest BCUT2D eigenvalue weighted by atomic mass is 16.5. The van der Waals surface area contributed by atoms with Gasteiger partial charge in [0.2, 0.25) is 0 Å². The van der Waals surface area contributed by atoms with Crippen LogP contribution in [-0.4, -0.2) is 31.9 Å². The molecule has 0 bridgehead atoms. The first-order valence-electron chi connectivity index (χ1n) is 8.34. The molecule has 4 unspecified atom stereocenters. The Morgan fingerprint density at radius 3 is 2.86 bits per heavy atom. The largest absolute Gasteiger partial charge is 0.376 e. The molecule has 1 aromatic carbocycles. The minimum Gasteiger partial charge on any atom is -0.376 e. The summed E-state index contributed by atoms with van der Waals surface area (Å²) in [5.74, 6) is 0.632. The van der Waals surface area contributed by atoms with E-state index in [9.17, 15) is 0 Å². The second-order valence-electron chi connectivity index (χ2n) is 6.31.